The quantitative estimate of drug-likeness (QED) is 0.879. The lowest BCUT2D eigenvalue weighted by Crippen LogP contribution is -2.21. The van der Waals surface area contributed by atoms with Gasteiger partial charge >= 0.3 is 0 Å². The van der Waals surface area contributed by atoms with Crippen LogP contribution in [0.5, 0.6) is 0 Å². The van der Waals surface area contributed by atoms with Crippen LogP contribution in [-0.2, 0) is 0 Å². The molecule has 0 atom stereocenters. The molecule has 1 heterocycles. The number of carbonyl (C=O) groups excluding carboxylic acids is 1. The normalized spacial score (nSPS) is 10.3. The third-order valence-electron chi connectivity index (χ3n) is 3.21. The molecule has 0 aliphatic rings. The standard InChI is InChI=1S/C15H20N4O/c1-4-19(5-2)13-8-6-12(7-9-13)15(20)16-14-10-11(3)17-18-14/h6-10H,4-5H2,1-3H3,(H2,16,17,18,20). The van der Waals surface area contributed by atoms with E-state index in [1.165, 1.54) is 0 Å². The molecule has 0 saturated carbocycles. The molecule has 1 aromatic carbocycles. The predicted octanol–water partition coefficient (Wildman–Crippen LogP) is 2.82. The number of nitrogens with zero attached hydrogens (tertiary/aromatic N) is 2. The minimum atomic E-state index is -0.150. The van der Waals surface area contributed by atoms with Gasteiger partial charge in [-0.25, -0.2) is 0 Å². The molecule has 20 heavy (non-hydrogen) atoms. The van der Waals surface area contributed by atoms with E-state index in [-0.39, 0.29) is 5.91 Å². The van der Waals surface area contributed by atoms with Gasteiger partial charge in [0, 0.05) is 36.1 Å². The number of anilines is 2. The molecule has 0 radical (unpaired) electrons. The number of aromatic amines is 1. The van der Waals surface area contributed by atoms with Gasteiger partial charge in [0.2, 0.25) is 0 Å². The first-order valence-electron chi connectivity index (χ1n) is 6.82. The zero-order valence-electron chi connectivity index (χ0n) is 12.1. The number of aryl methyl sites for hydroxylation is 1. The highest BCUT2D eigenvalue weighted by Gasteiger charge is 2.09. The number of benzene rings is 1. The average molecular weight is 272 g/mol. The first kappa shape index (κ1) is 14.1. The van der Waals surface area contributed by atoms with Gasteiger partial charge in [0.05, 0.1) is 0 Å². The Morgan fingerprint density at radius 3 is 2.40 bits per heavy atom. The van der Waals surface area contributed by atoms with Gasteiger partial charge < -0.3 is 10.2 Å². The molecule has 0 unspecified atom stereocenters. The van der Waals surface area contributed by atoms with Gasteiger partial charge in [-0.3, -0.25) is 9.89 Å². The van der Waals surface area contributed by atoms with E-state index in [1.54, 1.807) is 6.07 Å². The van der Waals surface area contributed by atoms with Crippen LogP contribution in [-0.4, -0.2) is 29.2 Å². The van der Waals surface area contributed by atoms with Gasteiger partial charge in [-0.1, -0.05) is 0 Å². The summed E-state index contributed by atoms with van der Waals surface area (Å²) in [6, 6.07) is 9.41. The van der Waals surface area contributed by atoms with Crippen LogP contribution in [0.2, 0.25) is 0 Å². The summed E-state index contributed by atoms with van der Waals surface area (Å²) in [7, 11) is 0. The molecule has 5 nitrogen and oxygen atoms in total. The van der Waals surface area contributed by atoms with E-state index in [4.69, 9.17) is 0 Å². The Morgan fingerprint density at radius 1 is 1.25 bits per heavy atom. The topological polar surface area (TPSA) is 61.0 Å². The van der Waals surface area contributed by atoms with Gasteiger partial charge in [-0.2, -0.15) is 5.10 Å². The monoisotopic (exact) mass is 272 g/mol. The van der Waals surface area contributed by atoms with Crippen LogP contribution in [0.25, 0.3) is 0 Å². The lowest BCUT2D eigenvalue weighted by atomic mass is 10.2. The largest absolute Gasteiger partial charge is 0.372 e. The minimum Gasteiger partial charge on any atom is -0.372 e. The summed E-state index contributed by atoms with van der Waals surface area (Å²) in [5.41, 5.74) is 2.67. The Hall–Kier alpha value is -2.30. The van der Waals surface area contributed by atoms with Crippen molar-refractivity contribution in [2.75, 3.05) is 23.3 Å². The maximum atomic E-state index is 12.1. The molecular formula is C15H20N4O. The second-order valence-corrected chi connectivity index (χ2v) is 4.61. The summed E-state index contributed by atoms with van der Waals surface area (Å²) in [5.74, 6) is 0.392. The number of H-pyrrole nitrogens is 1. The maximum absolute atomic E-state index is 12.1. The molecule has 0 saturated heterocycles. The van der Waals surface area contributed by atoms with Crippen molar-refractivity contribution < 1.29 is 4.79 Å². The predicted molar refractivity (Wildman–Crippen MR) is 81.3 cm³/mol. The van der Waals surface area contributed by atoms with Crippen LogP contribution in [0.3, 0.4) is 0 Å². The molecule has 0 spiro atoms. The number of aromatic nitrogens is 2. The maximum Gasteiger partial charge on any atom is 0.256 e. The average Bonchev–Trinajstić information content (AvgIpc) is 2.86. The Kier molecular flexibility index (Phi) is 4.40. The van der Waals surface area contributed by atoms with Crippen molar-refractivity contribution in [3.8, 4) is 0 Å². The van der Waals surface area contributed by atoms with Crippen molar-refractivity contribution in [3.05, 3.63) is 41.6 Å². The summed E-state index contributed by atoms with van der Waals surface area (Å²) in [6.45, 7) is 8.03. The summed E-state index contributed by atoms with van der Waals surface area (Å²) in [5, 5.41) is 9.54. The minimum absolute atomic E-state index is 0.150. The van der Waals surface area contributed by atoms with Crippen LogP contribution in [0.1, 0.15) is 29.9 Å². The number of amides is 1. The van der Waals surface area contributed by atoms with Gasteiger partial charge in [0.25, 0.3) is 5.91 Å². The highest BCUT2D eigenvalue weighted by atomic mass is 16.1. The molecule has 2 N–H and O–H groups in total. The fourth-order valence-corrected chi connectivity index (χ4v) is 2.08. The summed E-state index contributed by atoms with van der Waals surface area (Å²) >= 11 is 0. The Labute approximate surface area is 119 Å². The number of carbonyl (C=O) groups is 1. The van der Waals surface area contributed by atoms with Crippen LogP contribution < -0.4 is 10.2 Å². The Balaban J connectivity index is 2.07. The summed E-state index contributed by atoms with van der Waals surface area (Å²) in [6.07, 6.45) is 0. The van der Waals surface area contributed by atoms with Gasteiger partial charge in [-0.05, 0) is 45.0 Å². The third kappa shape index (κ3) is 3.17. The first-order valence-corrected chi connectivity index (χ1v) is 6.82. The highest BCUT2D eigenvalue weighted by Crippen LogP contribution is 2.15. The van der Waals surface area contributed by atoms with Crippen molar-refractivity contribution in [2.24, 2.45) is 0 Å². The number of hydrogen-bond acceptors (Lipinski definition) is 3. The molecule has 1 amide bonds. The van der Waals surface area contributed by atoms with E-state index < -0.39 is 0 Å². The van der Waals surface area contributed by atoms with Crippen LogP contribution >= 0.6 is 0 Å². The lowest BCUT2D eigenvalue weighted by molar-refractivity contribution is 0.102. The van der Waals surface area contributed by atoms with Gasteiger partial charge in [-0.15, -0.1) is 0 Å². The molecule has 5 heteroatoms. The van der Waals surface area contributed by atoms with E-state index in [0.717, 1.165) is 24.5 Å². The second kappa shape index (κ2) is 6.23. The smallest absolute Gasteiger partial charge is 0.256 e. The molecule has 0 aliphatic carbocycles. The fraction of sp³-hybridized carbons (Fsp3) is 0.333. The summed E-state index contributed by atoms with van der Waals surface area (Å²) in [4.78, 5) is 14.3. The van der Waals surface area contributed by atoms with E-state index in [1.807, 2.05) is 31.2 Å². The van der Waals surface area contributed by atoms with Crippen molar-refractivity contribution in [1.29, 1.82) is 0 Å². The van der Waals surface area contributed by atoms with Crippen molar-refractivity contribution in [2.45, 2.75) is 20.8 Å². The number of hydrogen-bond donors (Lipinski definition) is 2. The Bertz CT molecular complexity index is 570. The van der Waals surface area contributed by atoms with Crippen molar-refractivity contribution >= 4 is 17.4 Å². The van der Waals surface area contributed by atoms with E-state index >= 15 is 0 Å². The molecule has 0 fully saturated rings. The van der Waals surface area contributed by atoms with Crippen molar-refractivity contribution in [3.63, 3.8) is 0 Å². The number of nitrogens with one attached hydrogen (secondary N) is 2. The van der Waals surface area contributed by atoms with E-state index in [9.17, 15) is 4.79 Å². The summed E-state index contributed by atoms with van der Waals surface area (Å²) < 4.78 is 0. The van der Waals surface area contributed by atoms with E-state index in [2.05, 4.69) is 34.3 Å². The molecular weight excluding hydrogens is 252 g/mol. The van der Waals surface area contributed by atoms with Crippen molar-refractivity contribution in [1.82, 2.24) is 10.2 Å². The van der Waals surface area contributed by atoms with Crippen LogP contribution in [0.15, 0.2) is 30.3 Å². The highest BCUT2D eigenvalue weighted by molar-refractivity contribution is 6.03. The zero-order chi connectivity index (χ0) is 14.5. The van der Waals surface area contributed by atoms with Crippen LogP contribution in [0.4, 0.5) is 11.5 Å². The van der Waals surface area contributed by atoms with Gasteiger partial charge in [0.1, 0.15) is 0 Å². The second-order valence-electron chi connectivity index (χ2n) is 4.61. The fourth-order valence-electron chi connectivity index (χ4n) is 2.08. The molecule has 106 valence electrons. The SMILES string of the molecule is CCN(CC)c1ccc(C(=O)Nc2cc(C)[nH]n2)cc1. The van der Waals surface area contributed by atoms with Gasteiger partial charge in [0.15, 0.2) is 5.82 Å². The number of rotatable bonds is 5. The first-order chi connectivity index (χ1) is 9.63. The third-order valence-corrected chi connectivity index (χ3v) is 3.21. The molecule has 2 aromatic rings. The molecule has 0 aliphatic heterocycles. The van der Waals surface area contributed by atoms with Crippen LogP contribution in [0, 0.1) is 6.92 Å². The molecule has 2 rings (SSSR count). The molecule has 1 aromatic heterocycles. The molecule has 0 bridgehead atoms. The Morgan fingerprint density at radius 2 is 1.90 bits per heavy atom. The zero-order valence-corrected chi connectivity index (χ0v) is 12.1. The van der Waals surface area contributed by atoms with E-state index in [0.29, 0.717) is 11.4 Å². The lowest BCUT2D eigenvalue weighted by Gasteiger charge is -2.20.